The Bertz CT molecular complexity index is 1410. The van der Waals surface area contributed by atoms with Crippen LogP contribution < -0.4 is 9.62 Å². The van der Waals surface area contributed by atoms with E-state index < -0.39 is 40.4 Å². The first-order chi connectivity index (χ1) is 18.4. The fraction of sp³-hybridized carbons (Fsp3) is 0.259. The first-order valence-corrected chi connectivity index (χ1v) is 14.0. The van der Waals surface area contributed by atoms with Crippen molar-refractivity contribution in [3.05, 3.63) is 99.8 Å². The number of halogens is 3. The van der Waals surface area contributed by atoms with Gasteiger partial charge in [-0.3, -0.25) is 9.59 Å². The van der Waals surface area contributed by atoms with E-state index in [-0.39, 0.29) is 23.7 Å². The van der Waals surface area contributed by atoms with Crippen molar-refractivity contribution in [2.75, 3.05) is 32.0 Å². The summed E-state index contributed by atoms with van der Waals surface area (Å²) >= 11 is 12.3. The van der Waals surface area contributed by atoms with Gasteiger partial charge >= 0.3 is 10.2 Å². The molecule has 0 aromatic heterocycles. The van der Waals surface area contributed by atoms with Crippen LogP contribution in [0.1, 0.15) is 11.1 Å². The number of nitrogens with zero attached hydrogens (tertiary/aromatic N) is 3. The Balaban J connectivity index is 2.07. The molecule has 0 bridgehead atoms. The van der Waals surface area contributed by atoms with E-state index >= 15 is 0 Å². The Kier molecular flexibility index (Phi) is 10.3. The van der Waals surface area contributed by atoms with Crippen LogP contribution in [0.4, 0.5) is 10.1 Å². The first kappa shape index (κ1) is 30.4. The van der Waals surface area contributed by atoms with Crippen molar-refractivity contribution in [1.82, 2.24) is 14.5 Å². The van der Waals surface area contributed by atoms with Crippen LogP contribution in [0, 0.1) is 5.82 Å². The SMILES string of the molecule is CNC(=O)[C@H](Cc1ccccc1)N(Cc1ccc(Cl)c(Cl)c1)C(=O)CN(c1ccc(F)cc1)S(=O)(=O)N(C)C. The molecular weight excluding hydrogens is 566 g/mol. The van der Waals surface area contributed by atoms with Gasteiger partial charge in [0.05, 0.1) is 15.7 Å². The lowest BCUT2D eigenvalue weighted by atomic mass is 10.0. The second-order valence-corrected chi connectivity index (χ2v) is 11.7. The van der Waals surface area contributed by atoms with E-state index in [0.29, 0.717) is 10.6 Å². The third-order valence-corrected chi connectivity index (χ3v) is 8.55. The summed E-state index contributed by atoms with van der Waals surface area (Å²) in [7, 11) is -0.0578. The lowest BCUT2D eigenvalue weighted by Crippen LogP contribution is -2.53. The molecule has 208 valence electrons. The predicted molar refractivity (Wildman–Crippen MR) is 151 cm³/mol. The maximum atomic E-state index is 14.0. The normalized spacial score (nSPS) is 12.2. The van der Waals surface area contributed by atoms with E-state index in [9.17, 15) is 22.4 Å². The fourth-order valence-electron chi connectivity index (χ4n) is 3.88. The van der Waals surface area contributed by atoms with Crippen LogP contribution in [-0.4, -0.2) is 63.2 Å². The zero-order valence-corrected chi connectivity index (χ0v) is 24.0. The average molecular weight is 596 g/mol. The van der Waals surface area contributed by atoms with Gasteiger partial charge in [-0.1, -0.05) is 59.6 Å². The summed E-state index contributed by atoms with van der Waals surface area (Å²) in [6.45, 7) is -0.699. The smallest absolute Gasteiger partial charge is 0.304 e. The highest BCUT2D eigenvalue weighted by Gasteiger charge is 2.34. The topological polar surface area (TPSA) is 90.0 Å². The Hall–Kier alpha value is -3.18. The second-order valence-electron chi connectivity index (χ2n) is 8.86. The van der Waals surface area contributed by atoms with Crippen LogP contribution in [0.3, 0.4) is 0 Å². The van der Waals surface area contributed by atoms with Crippen LogP contribution in [0.15, 0.2) is 72.8 Å². The quantitative estimate of drug-likeness (QED) is 0.361. The van der Waals surface area contributed by atoms with Gasteiger partial charge in [-0.2, -0.15) is 12.7 Å². The van der Waals surface area contributed by atoms with Crippen molar-refractivity contribution < 1.29 is 22.4 Å². The van der Waals surface area contributed by atoms with Crippen LogP contribution in [0.25, 0.3) is 0 Å². The maximum Gasteiger partial charge on any atom is 0.304 e. The summed E-state index contributed by atoms with van der Waals surface area (Å²) in [6, 6.07) is 17.7. The minimum Gasteiger partial charge on any atom is -0.357 e. The average Bonchev–Trinajstić information content (AvgIpc) is 2.91. The molecule has 1 N–H and O–H groups in total. The summed E-state index contributed by atoms with van der Waals surface area (Å²) < 4.78 is 41.9. The molecule has 0 saturated carbocycles. The largest absolute Gasteiger partial charge is 0.357 e. The highest BCUT2D eigenvalue weighted by atomic mass is 35.5. The number of amides is 2. The molecule has 2 amide bonds. The Morgan fingerprint density at radius 1 is 0.923 bits per heavy atom. The summed E-state index contributed by atoms with van der Waals surface area (Å²) in [5.41, 5.74) is 1.48. The van der Waals surface area contributed by atoms with Gasteiger partial charge < -0.3 is 10.2 Å². The maximum absolute atomic E-state index is 14.0. The van der Waals surface area contributed by atoms with E-state index in [4.69, 9.17) is 23.2 Å². The monoisotopic (exact) mass is 594 g/mol. The van der Waals surface area contributed by atoms with Crippen molar-refractivity contribution in [3.8, 4) is 0 Å². The molecule has 0 heterocycles. The van der Waals surface area contributed by atoms with Crippen LogP contribution in [-0.2, 0) is 32.8 Å². The summed E-state index contributed by atoms with van der Waals surface area (Å²) in [6.07, 6.45) is 0.171. The van der Waals surface area contributed by atoms with E-state index in [1.165, 1.54) is 38.2 Å². The molecule has 39 heavy (non-hydrogen) atoms. The summed E-state index contributed by atoms with van der Waals surface area (Å²) in [4.78, 5) is 28.4. The molecule has 3 aromatic carbocycles. The van der Waals surface area contributed by atoms with Gasteiger partial charge in [0.2, 0.25) is 11.8 Å². The molecule has 3 rings (SSSR count). The third kappa shape index (κ3) is 7.69. The van der Waals surface area contributed by atoms with Gasteiger partial charge in [-0.25, -0.2) is 8.70 Å². The zero-order chi connectivity index (χ0) is 28.7. The molecule has 0 saturated heterocycles. The number of rotatable bonds is 11. The van der Waals surface area contributed by atoms with Gasteiger partial charge in [-0.15, -0.1) is 0 Å². The third-order valence-electron chi connectivity index (χ3n) is 5.99. The van der Waals surface area contributed by atoms with Crippen molar-refractivity contribution >= 4 is 50.9 Å². The van der Waals surface area contributed by atoms with Crippen LogP contribution in [0.5, 0.6) is 0 Å². The van der Waals surface area contributed by atoms with E-state index in [2.05, 4.69) is 5.32 Å². The number of hydrogen-bond donors (Lipinski definition) is 1. The fourth-order valence-corrected chi connectivity index (χ4v) is 5.26. The molecule has 0 radical (unpaired) electrons. The lowest BCUT2D eigenvalue weighted by molar-refractivity contribution is -0.139. The summed E-state index contributed by atoms with van der Waals surface area (Å²) in [5.74, 6) is -1.65. The number of anilines is 1. The minimum absolute atomic E-state index is 0.0556. The van der Waals surface area contributed by atoms with Crippen molar-refractivity contribution in [2.24, 2.45) is 0 Å². The molecule has 8 nitrogen and oxygen atoms in total. The van der Waals surface area contributed by atoms with Crippen LogP contribution in [0.2, 0.25) is 10.0 Å². The Morgan fingerprint density at radius 3 is 2.13 bits per heavy atom. The first-order valence-electron chi connectivity index (χ1n) is 11.9. The molecule has 12 heteroatoms. The molecular formula is C27H29Cl2FN4O4S. The highest BCUT2D eigenvalue weighted by Crippen LogP contribution is 2.25. The lowest BCUT2D eigenvalue weighted by Gasteiger charge is -2.34. The molecule has 0 aliphatic rings. The molecule has 0 spiro atoms. The van der Waals surface area contributed by atoms with Gasteiger partial charge in [0.1, 0.15) is 18.4 Å². The molecule has 0 aliphatic carbocycles. The molecule has 0 fully saturated rings. The van der Waals surface area contributed by atoms with Gasteiger partial charge in [-0.05, 0) is 47.5 Å². The van der Waals surface area contributed by atoms with Gasteiger partial charge in [0.25, 0.3) is 0 Å². The minimum atomic E-state index is -4.17. The molecule has 0 unspecified atom stereocenters. The van der Waals surface area contributed by atoms with Crippen LogP contribution >= 0.6 is 23.2 Å². The standard InChI is InChI=1S/C27H29Cl2FN4O4S/c1-31-27(36)25(16-19-7-5-4-6-8-19)33(17-20-9-14-23(28)24(29)15-20)26(35)18-34(39(37,38)32(2)3)22-12-10-21(30)11-13-22/h4-15,25H,16-18H2,1-3H3,(H,31,36)/t25-/m0/s1. The van der Waals surface area contributed by atoms with E-state index in [1.807, 2.05) is 30.3 Å². The molecule has 1 atom stereocenters. The Labute approximate surface area is 238 Å². The molecule has 3 aromatic rings. The second kappa shape index (κ2) is 13.3. The van der Waals surface area contributed by atoms with E-state index in [0.717, 1.165) is 26.3 Å². The number of likely N-dealkylation sites (N-methyl/N-ethyl adjacent to an activating group) is 1. The highest BCUT2D eigenvalue weighted by molar-refractivity contribution is 7.90. The van der Waals surface area contributed by atoms with Crippen molar-refractivity contribution in [2.45, 2.75) is 19.0 Å². The number of benzene rings is 3. The number of hydrogen-bond acceptors (Lipinski definition) is 4. The molecule has 0 aliphatic heterocycles. The number of nitrogens with one attached hydrogen (secondary N) is 1. The van der Waals surface area contributed by atoms with Crippen molar-refractivity contribution in [1.29, 1.82) is 0 Å². The summed E-state index contributed by atoms with van der Waals surface area (Å²) in [5, 5.41) is 3.20. The van der Waals surface area contributed by atoms with Gasteiger partial charge in [0.15, 0.2) is 0 Å². The van der Waals surface area contributed by atoms with Crippen molar-refractivity contribution in [3.63, 3.8) is 0 Å². The zero-order valence-electron chi connectivity index (χ0n) is 21.6. The Morgan fingerprint density at radius 2 is 1.56 bits per heavy atom. The number of carbonyl (C=O) groups is 2. The predicted octanol–water partition coefficient (Wildman–Crippen LogP) is 4.13. The number of carbonyl (C=O) groups excluding carboxylic acids is 2. The van der Waals surface area contributed by atoms with E-state index in [1.54, 1.807) is 18.2 Å². The van der Waals surface area contributed by atoms with Gasteiger partial charge in [0, 0.05) is 34.1 Å².